The number of carbonyl (C=O) groups excluding carboxylic acids is 1. The van der Waals surface area contributed by atoms with Crippen molar-refractivity contribution < 1.29 is 19.4 Å². The second-order valence-electron chi connectivity index (χ2n) is 3.23. The van der Waals surface area contributed by atoms with Crippen molar-refractivity contribution >= 4 is 11.9 Å². The second-order valence-corrected chi connectivity index (χ2v) is 3.23. The fraction of sp³-hybridized carbons (Fsp3) is 0.167. The average molecular weight is 220 g/mol. The summed E-state index contributed by atoms with van der Waals surface area (Å²) < 4.78 is 4.98. The first kappa shape index (κ1) is 12.0. The molecule has 0 saturated carbocycles. The average Bonchev–Trinajstić information content (AvgIpc) is 2.28. The molecule has 1 rings (SSSR count). The maximum Gasteiger partial charge on any atom is 0.338 e. The van der Waals surface area contributed by atoms with Gasteiger partial charge in [0.25, 0.3) is 0 Å². The Hall–Kier alpha value is -2.10. The summed E-state index contributed by atoms with van der Waals surface area (Å²) in [5, 5.41) is 8.67. The van der Waals surface area contributed by atoms with E-state index in [9.17, 15) is 9.59 Å². The van der Waals surface area contributed by atoms with Gasteiger partial charge in [-0.25, -0.2) is 9.59 Å². The van der Waals surface area contributed by atoms with Gasteiger partial charge >= 0.3 is 11.9 Å². The van der Waals surface area contributed by atoms with Crippen molar-refractivity contribution in [2.45, 2.75) is 13.0 Å². The van der Waals surface area contributed by atoms with Crippen LogP contribution in [0.3, 0.4) is 0 Å². The number of benzene rings is 1. The molecular weight excluding hydrogens is 208 g/mol. The van der Waals surface area contributed by atoms with E-state index in [1.165, 1.54) is 30.3 Å². The minimum Gasteiger partial charge on any atom is -0.478 e. The van der Waals surface area contributed by atoms with E-state index in [1.54, 1.807) is 6.92 Å². The van der Waals surface area contributed by atoms with E-state index < -0.39 is 11.9 Å². The van der Waals surface area contributed by atoms with Gasteiger partial charge in [0.1, 0.15) is 6.10 Å². The Labute approximate surface area is 93.2 Å². The van der Waals surface area contributed by atoms with Gasteiger partial charge in [0.15, 0.2) is 0 Å². The van der Waals surface area contributed by atoms with Crippen molar-refractivity contribution in [3.8, 4) is 0 Å². The molecule has 1 atom stereocenters. The third kappa shape index (κ3) is 2.95. The summed E-state index contributed by atoms with van der Waals surface area (Å²) in [6.07, 6.45) is 1.13. The Bertz CT molecular complexity index is 406. The van der Waals surface area contributed by atoms with Crippen molar-refractivity contribution in [1.29, 1.82) is 0 Å². The molecule has 4 heteroatoms. The molecule has 0 spiro atoms. The highest BCUT2D eigenvalue weighted by molar-refractivity contribution is 5.92. The van der Waals surface area contributed by atoms with Crippen molar-refractivity contribution in [2.24, 2.45) is 0 Å². The monoisotopic (exact) mass is 220 g/mol. The van der Waals surface area contributed by atoms with Crippen LogP contribution in [-0.2, 0) is 4.74 Å². The van der Waals surface area contributed by atoms with E-state index >= 15 is 0 Å². The van der Waals surface area contributed by atoms with Gasteiger partial charge in [-0.15, -0.1) is 0 Å². The van der Waals surface area contributed by atoms with Crippen LogP contribution in [0.1, 0.15) is 27.6 Å². The van der Waals surface area contributed by atoms with Gasteiger partial charge in [0.2, 0.25) is 0 Å². The molecule has 0 radical (unpaired) electrons. The summed E-state index contributed by atoms with van der Waals surface area (Å²) in [6.45, 7) is 5.18. The van der Waals surface area contributed by atoms with Crippen molar-refractivity contribution in [1.82, 2.24) is 0 Å². The molecular formula is C12H12O4. The Morgan fingerprint density at radius 1 is 1.31 bits per heavy atom. The molecule has 0 fully saturated rings. The molecule has 4 nitrogen and oxygen atoms in total. The van der Waals surface area contributed by atoms with E-state index in [0.29, 0.717) is 5.56 Å². The molecule has 0 amide bonds. The van der Waals surface area contributed by atoms with Crippen LogP contribution in [0.4, 0.5) is 0 Å². The van der Waals surface area contributed by atoms with Gasteiger partial charge in [0, 0.05) is 0 Å². The first-order valence-corrected chi connectivity index (χ1v) is 4.71. The molecule has 16 heavy (non-hydrogen) atoms. The summed E-state index contributed by atoms with van der Waals surface area (Å²) >= 11 is 0. The SMILES string of the molecule is C=CC(C)OC(=O)c1ccc(C(=O)O)cc1. The lowest BCUT2D eigenvalue weighted by Crippen LogP contribution is -2.12. The van der Waals surface area contributed by atoms with Gasteiger partial charge < -0.3 is 9.84 Å². The molecule has 0 aliphatic rings. The molecule has 0 heterocycles. The zero-order chi connectivity index (χ0) is 12.1. The van der Waals surface area contributed by atoms with Crippen molar-refractivity contribution in [2.75, 3.05) is 0 Å². The van der Waals surface area contributed by atoms with Crippen molar-refractivity contribution in [3.05, 3.63) is 48.0 Å². The van der Waals surface area contributed by atoms with Gasteiger partial charge in [-0.3, -0.25) is 0 Å². The lowest BCUT2D eigenvalue weighted by Gasteiger charge is -2.08. The number of ether oxygens (including phenoxy) is 1. The summed E-state index contributed by atoms with van der Waals surface area (Å²) in [6, 6.07) is 5.55. The molecule has 1 aromatic carbocycles. The summed E-state index contributed by atoms with van der Waals surface area (Å²) in [5.41, 5.74) is 0.451. The van der Waals surface area contributed by atoms with Gasteiger partial charge in [-0.1, -0.05) is 12.7 Å². The number of carboxylic acid groups (broad SMARTS) is 1. The first-order chi connectivity index (χ1) is 7.54. The maximum atomic E-state index is 11.5. The standard InChI is InChI=1S/C12H12O4/c1-3-8(2)16-12(15)10-6-4-9(5-7-10)11(13)14/h3-8H,1H2,2H3,(H,13,14). The van der Waals surface area contributed by atoms with Crippen LogP contribution < -0.4 is 0 Å². The predicted molar refractivity (Wildman–Crippen MR) is 58.5 cm³/mol. The lowest BCUT2D eigenvalue weighted by molar-refractivity contribution is 0.0424. The number of hydrogen-bond donors (Lipinski definition) is 1. The highest BCUT2D eigenvalue weighted by atomic mass is 16.5. The molecule has 84 valence electrons. The quantitative estimate of drug-likeness (QED) is 0.623. The minimum atomic E-state index is -1.03. The van der Waals surface area contributed by atoms with E-state index in [4.69, 9.17) is 9.84 Å². The van der Waals surface area contributed by atoms with Crippen LogP contribution in [0.25, 0.3) is 0 Å². The number of aromatic carboxylic acids is 1. The molecule has 0 bridgehead atoms. The summed E-state index contributed by atoms with van der Waals surface area (Å²) in [5.74, 6) is -1.52. The van der Waals surface area contributed by atoms with Gasteiger partial charge in [0.05, 0.1) is 11.1 Å². The highest BCUT2D eigenvalue weighted by Gasteiger charge is 2.10. The summed E-state index contributed by atoms with van der Waals surface area (Å²) in [7, 11) is 0. The molecule has 0 aliphatic carbocycles. The number of carbonyl (C=O) groups is 2. The minimum absolute atomic E-state index is 0.133. The molecule has 0 saturated heterocycles. The molecule has 0 aliphatic heterocycles. The highest BCUT2D eigenvalue weighted by Crippen LogP contribution is 2.07. The summed E-state index contributed by atoms with van der Waals surface area (Å²) in [4.78, 5) is 22.1. The Morgan fingerprint density at radius 3 is 2.25 bits per heavy atom. The third-order valence-corrected chi connectivity index (χ3v) is 1.99. The van der Waals surface area contributed by atoms with Crippen LogP contribution in [0, 0.1) is 0 Å². The van der Waals surface area contributed by atoms with E-state index in [1.807, 2.05) is 0 Å². The smallest absolute Gasteiger partial charge is 0.338 e. The van der Waals surface area contributed by atoms with Crippen LogP contribution in [0.15, 0.2) is 36.9 Å². The Kier molecular flexibility index (Phi) is 3.83. The Morgan fingerprint density at radius 2 is 1.81 bits per heavy atom. The normalized spacial score (nSPS) is 11.6. The lowest BCUT2D eigenvalue weighted by atomic mass is 10.1. The fourth-order valence-electron chi connectivity index (χ4n) is 1.03. The van der Waals surface area contributed by atoms with Crippen LogP contribution in [0.2, 0.25) is 0 Å². The van der Waals surface area contributed by atoms with Crippen LogP contribution >= 0.6 is 0 Å². The van der Waals surface area contributed by atoms with E-state index in [0.717, 1.165) is 0 Å². The predicted octanol–water partition coefficient (Wildman–Crippen LogP) is 2.12. The molecule has 1 aromatic rings. The van der Waals surface area contributed by atoms with E-state index in [-0.39, 0.29) is 11.7 Å². The zero-order valence-corrected chi connectivity index (χ0v) is 8.84. The van der Waals surface area contributed by atoms with Gasteiger partial charge in [-0.2, -0.15) is 0 Å². The molecule has 1 N–H and O–H groups in total. The fourth-order valence-corrected chi connectivity index (χ4v) is 1.03. The van der Waals surface area contributed by atoms with Crippen molar-refractivity contribution in [3.63, 3.8) is 0 Å². The number of esters is 1. The largest absolute Gasteiger partial charge is 0.478 e. The van der Waals surface area contributed by atoms with Gasteiger partial charge in [-0.05, 0) is 31.2 Å². The number of carboxylic acids is 1. The first-order valence-electron chi connectivity index (χ1n) is 4.71. The number of rotatable bonds is 4. The topological polar surface area (TPSA) is 63.6 Å². The number of hydrogen-bond acceptors (Lipinski definition) is 3. The zero-order valence-electron chi connectivity index (χ0n) is 8.84. The van der Waals surface area contributed by atoms with Crippen LogP contribution in [0.5, 0.6) is 0 Å². The van der Waals surface area contributed by atoms with Crippen LogP contribution in [-0.4, -0.2) is 23.1 Å². The molecule has 1 unspecified atom stereocenters. The van der Waals surface area contributed by atoms with E-state index in [2.05, 4.69) is 6.58 Å². The maximum absolute atomic E-state index is 11.5. The molecule has 0 aromatic heterocycles. The third-order valence-electron chi connectivity index (χ3n) is 1.99. The Balaban J connectivity index is 2.77. The second kappa shape index (κ2) is 5.11.